The molecule has 5 heteroatoms. The van der Waals surface area contributed by atoms with Gasteiger partial charge in [-0.25, -0.2) is 13.1 Å². The van der Waals surface area contributed by atoms with Crippen molar-refractivity contribution in [3.63, 3.8) is 0 Å². The smallest absolute Gasteiger partial charge is 0.240 e. The quantitative estimate of drug-likeness (QED) is 0.844. The van der Waals surface area contributed by atoms with Crippen molar-refractivity contribution < 1.29 is 8.42 Å². The molecule has 1 aliphatic heterocycles. The Labute approximate surface area is 127 Å². The zero-order valence-electron chi connectivity index (χ0n) is 12.4. The number of hydrogen-bond acceptors (Lipinski definition) is 3. The van der Waals surface area contributed by atoms with Crippen LogP contribution in [0.5, 0.6) is 0 Å². The molecule has 0 amide bonds. The molecule has 0 atom stereocenters. The Kier molecular flexibility index (Phi) is 4.50. The average Bonchev–Trinajstić information content (AvgIpc) is 2.75. The number of sulfonamides is 1. The minimum atomic E-state index is -3.40. The Morgan fingerprint density at radius 2 is 1.81 bits per heavy atom. The van der Waals surface area contributed by atoms with Crippen molar-refractivity contribution in [3.05, 3.63) is 23.8 Å². The van der Waals surface area contributed by atoms with Crippen LogP contribution < -0.4 is 10.0 Å². The summed E-state index contributed by atoms with van der Waals surface area (Å²) in [6, 6.07) is 5.57. The van der Waals surface area contributed by atoms with Gasteiger partial charge in [-0.1, -0.05) is 31.7 Å². The van der Waals surface area contributed by atoms with Crippen LogP contribution >= 0.6 is 0 Å². The third kappa shape index (κ3) is 3.58. The molecular formula is C16H24N2O2S. The third-order valence-electron chi connectivity index (χ3n) is 4.51. The number of anilines is 1. The molecule has 2 aliphatic rings. The highest BCUT2D eigenvalue weighted by molar-refractivity contribution is 7.89. The predicted octanol–water partition coefficient (Wildman–Crippen LogP) is 3.05. The van der Waals surface area contributed by atoms with Gasteiger partial charge in [-0.15, -0.1) is 0 Å². The lowest BCUT2D eigenvalue weighted by Crippen LogP contribution is -2.34. The van der Waals surface area contributed by atoms with Crippen LogP contribution in [-0.4, -0.2) is 21.0 Å². The number of nitrogens with one attached hydrogen (secondary N) is 2. The van der Waals surface area contributed by atoms with Gasteiger partial charge in [-0.05, 0) is 43.4 Å². The maximum Gasteiger partial charge on any atom is 0.240 e. The number of aryl methyl sites for hydroxylation is 1. The molecule has 1 saturated carbocycles. The summed E-state index contributed by atoms with van der Waals surface area (Å²) < 4.78 is 28.0. The number of hydrogen-bond donors (Lipinski definition) is 2. The Balaban J connectivity index is 1.77. The van der Waals surface area contributed by atoms with Crippen molar-refractivity contribution in [2.75, 3.05) is 11.9 Å². The van der Waals surface area contributed by atoms with Gasteiger partial charge in [-0.2, -0.15) is 0 Å². The van der Waals surface area contributed by atoms with E-state index in [1.54, 1.807) is 12.1 Å². The summed E-state index contributed by atoms with van der Waals surface area (Å²) in [5, 5.41) is 3.30. The van der Waals surface area contributed by atoms with Crippen LogP contribution in [0.25, 0.3) is 0 Å². The first-order chi connectivity index (χ1) is 10.1. The van der Waals surface area contributed by atoms with Crippen molar-refractivity contribution >= 4 is 15.7 Å². The second-order valence-corrected chi connectivity index (χ2v) is 7.87. The van der Waals surface area contributed by atoms with Crippen LogP contribution in [0.2, 0.25) is 0 Å². The van der Waals surface area contributed by atoms with E-state index in [0.717, 1.165) is 50.8 Å². The van der Waals surface area contributed by atoms with Gasteiger partial charge in [0.1, 0.15) is 0 Å². The van der Waals surface area contributed by atoms with E-state index in [-0.39, 0.29) is 6.04 Å². The zero-order valence-corrected chi connectivity index (χ0v) is 13.2. The van der Waals surface area contributed by atoms with Crippen molar-refractivity contribution in [1.82, 2.24) is 4.72 Å². The molecule has 116 valence electrons. The molecular weight excluding hydrogens is 284 g/mol. The van der Waals surface area contributed by atoms with E-state index in [9.17, 15) is 8.42 Å². The summed E-state index contributed by atoms with van der Waals surface area (Å²) >= 11 is 0. The number of fused-ring (bicyclic) bond motifs is 1. The predicted molar refractivity (Wildman–Crippen MR) is 85.1 cm³/mol. The van der Waals surface area contributed by atoms with Crippen LogP contribution in [0.1, 0.15) is 50.5 Å². The van der Waals surface area contributed by atoms with Gasteiger partial charge in [0.05, 0.1) is 4.90 Å². The molecule has 0 bridgehead atoms. The zero-order chi connectivity index (χ0) is 14.7. The minimum absolute atomic E-state index is 0.0986. The lowest BCUT2D eigenvalue weighted by atomic mass is 10.0. The molecule has 3 rings (SSSR count). The lowest BCUT2D eigenvalue weighted by molar-refractivity contribution is 0.510. The van der Waals surface area contributed by atoms with Gasteiger partial charge >= 0.3 is 0 Å². The van der Waals surface area contributed by atoms with Crippen LogP contribution in [0, 0.1) is 0 Å². The van der Waals surface area contributed by atoms with E-state index < -0.39 is 10.0 Å². The molecule has 21 heavy (non-hydrogen) atoms. The van der Waals surface area contributed by atoms with E-state index in [4.69, 9.17) is 0 Å². The first-order valence-electron chi connectivity index (χ1n) is 8.04. The molecule has 1 aromatic rings. The lowest BCUT2D eigenvalue weighted by Gasteiger charge is -2.20. The minimum Gasteiger partial charge on any atom is -0.385 e. The molecule has 2 N–H and O–H groups in total. The van der Waals surface area contributed by atoms with Crippen LogP contribution in [-0.2, 0) is 16.4 Å². The third-order valence-corrected chi connectivity index (χ3v) is 6.03. The molecule has 0 unspecified atom stereocenters. The van der Waals surface area contributed by atoms with Gasteiger partial charge < -0.3 is 5.32 Å². The monoisotopic (exact) mass is 308 g/mol. The summed E-state index contributed by atoms with van der Waals surface area (Å²) in [6.45, 7) is 0.923. The van der Waals surface area contributed by atoms with E-state index in [0.29, 0.717) is 4.90 Å². The van der Waals surface area contributed by atoms with Gasteiger partial charge in [0.15, 0.2) is 0 Å². The van der Waals surface area contributed by atoms with Crippen molar-refractivity contribution in [3.8, 4) is 0 Å². The van der Waals surface area contributed by atoms with Gasteiger partial charge in [-0.3, -0.25) is 0 Å². The summed E-state index contributed by atoms with van der Waals surface area (Å²) in [7, 11) is -3.40. The maximum atomic E-state index is 12.6. The van der Waals surface area contributed by atoms with Crippen molar-refractivity contribution in [2.24, 2.45) is 0 Å². The summed E-state index contributed by atoms with van der Waals surface area (Å²) in [6.07, 6.45) is 8.75. The molecule has 0 saturated heterocycles. The van der Waals surface area contributed by atoms with Crippen LogP contribution in [0.15, 0.2) is 23.1 Å². The highest BCUT2D eigenvalue weighted by Gasteiger charge is 2.22. The fraction of sp³-hybridized carbons (Fsp3) is 0.625. The fourth-order valence-electron chi connectivity index (χ4n) is 3.29. The van der Waals surface area contributed by atoms with Gasteiger partial charge in [0.25, 0.3) is 0 Å². The van der Waals surface area contributed by atoms with E-state index in [2.05, 4.69) is 10.0 Å². The molecule has 0 aromatic heterocycles. The second-order valence-electron chi connectivity index (χ2n) is 6.16. The van der Waals surface area contributed by atoms with E-state index >= 15 is 0 Å². The first kappa shape index (κ1) is 14.9. The Hall–Kier alpha value is -1.07. The molecule has 0 radical (unpaired) electrons. The topological polar surface area (TPSA) is 58.2 Å². The highest BCUT2D eigenvalue weighted by Crippen LogP contribution is 2.26. The average molecular weight is 308 g/mol. The molecule has 4 nitrogen and oxygen atoms in total. The molecule has 1 fully saturated rings. The summed E-state index contributed by atoms with van der Waals surface area (Å²) in [5.74, 6) is 0. The van der Waals surface area contributed by atoms with E-state index in [1.807, 2.05) is 6.07 Å². The first-order valence-corrected chi connectivity index (χ1v) is 9.53. The SMILES string of the molecule is O=S(=O)(NC1CCCCCC1)c1ccc2c(c1)NCCC2. The highest BCUT2D eigenvalue weighted by atomic mass is 32.2. The summed E-state index contributed by atoms with van der Waals surface area (Å²) in [4.78, 5) is 0.389. The molecule has 0 spiro atoms. The van der Waals surface area contributed by atoms with Crippen LogP contribution in [0.3, 0.4) is 0 Å². The number of rotatable bonds is 3. The van der Waals surface area contributed by atoms with Gasteiger partial charge in [0.2, 0.25) is 10.0 Å². The second kappa shape index (κ2) is 6.36. The molecule has 1 aliphatic carbocycles. The van der Waals surface area contributed by atoms with Crippen LogP contribution in [0.4, 0.5) is 5.69 Å². The van der Waals surface area contributed by atoms with E-state index in [1.165, 1.54) is 18.4 Å². The largest absolute Gasteiger partial charge is 0.385 e. The summed E-state index contributed by atoms with van der Waals surface area (Å²) in [5.41, 5.74) is 2.19. The van der Waals surface area contributed by atoms with Crippen molar-refractivity contribution in [1.29, 1.82) is 0 Å². The fourth-order valence-corrected chi connectivity index (χ4v) is 4.62. The Bertz CT molecular complexity index is 590. The number of benzene rings is 1. The van der Waals surface area contributed by atoms with Crippen molar-refractivity contribution in [2.45, 2.75) is 62.3 Å². The Morgan fingerprint density at radius 1 is 1.05 bits per heavy atom. The Morgan fingerprint density at radius 3 is 2.57 bits per heavy atom. The molecule has 1 aromatic carbocycles. The molecule has 1 heterocycles. The standard InChI is InChI=1S/C16H24N2O2S/c19-21(20,18-14-7-3-1-2-4-8-14)15-10-9-13-6-5-11-17-16(13)12-15/h9-10,12,14,17-18H,1-8,11H2. The van der Waals surface area contributed by atoms with Gasteiger partial charge in [0, 0.05) is 18.3 Å². The maximum absolute atomic E-state index is 12.6. The normalized spacial score (nSPS) is 20.4.